The first kappa shape index (κ1) is 13.1. The minimum absolute atomic E-state index is 0.00494. The van der Waals surface area contributed by atoms with Crippen molar-refractivity contribution >= 4 is 5.78 Å². The maximum atomic E-state index is 13.4. The van der Waals surface area contributed by atoms with Crippen LogP contribution in [0.3, 0.4) is 0 Å². The third-order valence-corrected chi connectivity index (χ3v) is 3.47. The number of ketones is 1. The Morgan fingerprint density at radius 1 is 1.28 bits per heavy atom. The van der Waals surface area contributed by atoms with Crippen molar-refractivity contribution in [3.05, 3.63) is 35.4 Å². The third kappa shape index (κ3) is 3.35. The molecule has 0 aromatic heterocycles. The molecule has 1 aromatic carbocycles. The summed E-state index contributed by atoms with van der Waals surface area (Å²) in [5.74, 6) is -1.10. The van der Waals surface area contributed by atoms with Gasteiger partial charge in [-0.05, 0) is 50.4 Å². The van der Waals surface area contributed by atoms with Crippen molar-refractivity contribution in [3.8, 4) is 0 Å². The van der Waals surface area contributed by atoms with Crippen molar-refractivity contribution < 1.29 is 13.6 Å². The van der Waals surface area contributed by atoms with Gasteiger partial charge < -0.3 is 5.32 Å². The molecule has 1 fully saturated rings. The topological polar surface area (TPSA) is 29.1 Å². The van der Waals surface area contributed by atoms with E-state index < -0.39 is 11.6 Å². The van der Waals surface area contributed by atoms with E-state index in [0.717, 1.165) is 44.5 Å². The number of rotatable bonds is 4. The first-order valence-electron chi connectivity index (χ1n) is 6.36. The van der Waals surface area contributed by atoms with E-state index in [2.05, 4.69) is 5.32 Å². The van der Waals surface area contributed by atoms with Crippen molar-refractivity contribution in [2.45, 2.75) is 25.7 Å². The molecular weight excluding hydrogens is 236 g/mol. The Kier molecular flexibility index (Phi) is 4.42. The highest BCUT2D eigenvalue weighted by Crippen LogP contribution is 2.20. The van der Waals surface area contributed by atoms with E-state index in [4.69, 9.17) is 0 Å². The van der Waals surface area contributed by atoms with Crippen LogP contribution in [0.15, 0.2) is 18.2 Å². The average molecular weight is 253 g/mol. The van der Waals surface area contributed by atoms with Gasteiger partial charge in [0.15, 0.2) is 5.78 Å². The molecule has 0 bridgehead atoms. The minimum atomic E-state index is -0.759. The number of carbonyl (C=O) groups is 1. The van der Waals surface area contributed by atoms with Crippen molar-refractivity contribution in [1.82, 2.24) is 5.32 Å². The van der Waals surface area contributed by atoms with Crippen LogP contribution in [0.4, 0.5) is 8.78 Å². The van der Waals surface area contributed by atoms with Gasteiger partial charge in [0.05, 0.1) is 5.56 Å². The van der Waals surface area contributed by atoms with Crippen molar-refractivity contribution in [2.75, 3.05) is 13.1 Å². The molecule has 0 aliphatic carbocycles. The number of carbonyl (C=O) groups excluding carboxylic acids is 1. The fraction of sp³-hybridized carbons (Fsp3) is 0.500. The largest absolute Gasteiger partial charge is 0.317 e. The van der Waals surface area contributed by atoms with E-state index in [1.165, 1.54) is 6.07 Å². The Balaban J connectivity index is 1.90. The quantitative estimate of drug-likeness (QED) is 0.836. The van der Waals surface area contributed by atoms with Crippen LogP contribution < -0.4 is 5.32 Å². The van der Waals surface area contributed by atoms with Gasteiger partial charge in [0, 0.05) is 12.5 Å². The van der Waals surface area contributed by atoms with Gasteiger partial charge in [0.2, 0.25) is 0 Å². The molecule has 4 heteroatoms. The van der Waals surface area contributed by atoms with Gasteiger partial charge >= 0.3 is 0 Å². The van der Waals surface area contributed by atoms with Crippen LogP contribution in [0.2, 0.25) is 0 Å². The summed E-state index contributed by atoms with van der Waals surface area (Å²) in [6, 6.07) is 3.12. The monoisotopic (exact) mass is 253 g/mol. The summed E-state index contributed by atoms with van der Waals surface area (Å²) < 4.78 is 26.1. The molecule has 1 heterocycles. The van der Waals surface area contributed by atoms with Crippen LogP contribution in [0.25, 0.3) is 0 Å². The van der Waals surface area contributed by atoms with Crippen molar-refractivity contribution in [2.24, 2.45) is 5.92 Å². The Bertz CT molecular complexity index is 428. The summed E-state index contributed by atoms with van der Waals surface area (Å²) in [6.07, 6.45) is 3.27. The Morgan fingerprint density at radius 2 is 2.00 bits per heavy atom. The van der Waals surface area contributed by atoms with Crippen LogP contribution in [0, 0.1) is 17.6 Å². The van der Waals surface area contributed by atoms with E-state index >= 15 is 0 Å². The molecule has 1 aliphatic heterocycles. The number of nitrogens with one attached hydrogen (secondary N) is 1. The van der Waals surface area contributed by atoms with Gasteiger partial charge in [-0.2, -0.15) is 0 Å². The van der Waals surface area contributed by atoms with Gasteiger partial charge in [-0.3, -0.25) is 4.79 Å². The summed E-state index contributed by atoms with van der Waals surface area (Å²) >= 11 is 0. The average Bonchev–Trinajstić information content (AvgIpc) is 2.37. The summed E-state index contributed by atoms with van der Waals surface area (Å²) in [6.45, 7) is 1.98. The minimum Gasteiger partial charge on any atom is -0.317 e. The van der Waals surface area contributed by atoms with Crippen LogP contribution in [0.1, 0.15) is 36.0 Å². The van der Waals surface area contributed by atoms with Gasteiger partial charge in [-0.25, -0.2) is 8.78 Å². The first-order valence-corrected chi connectivity index (χ1v) is 6.36. The number of piperidine rings is 1. The summed E-state index contributed by atoms with van der Waals surface area (Å²) in [4.78, 5) is 11.8. The molecule has 2 nitrogen and oxygen atoms in total. The molecule has 1 aromatic rings. The summed E-state index contributed by atoms with van der Waals surface area (Å²) in [5, 5.41) is 3.26. The van der Waals surface area contributed by atoms with Crippen LogP contribution in [-0.2, 0) is 0 Å². The third-order valence-electron chi connectivity index (χ3n) is 3.47. The van der Waals surface area contributed by atoms with E-state index in [-0.39, 0.29) is 11.3 Å². The summed E-state index contributed by atoms with van der Waals surface area (Å²) in [7, 11) is 0. The number of benzene rings is 1. The lowest BCUT2D eigenvalue weighted by atomic mass is 9.91. The highest BCUT2D eigenvalue weighted by atomic mass is 19.1. The molecular formula is C14H17F2NO. The van der Waals surface area contributed by atoms with Gasteiger partial charge in [0.1, 0.15) is 11.6 Å². The van der Waals surface area contributed by atoms with Gasteiger partial charge in [0.25, 0.3) is 0 Å². The Morgan fingerprint density at radius 3 is 2.67 bits per heavy atom. The number of halogens is 2. The van der Waals surface area contributed by atoms with Crippen LogP contribution in [0.5, 0.6) is 0 Å². The van der Waals surface area contributed by atoms with Crippen molar-refractivity contribution in [1.29, 1.82) is 0 Å². The zero-order valence-electron chi connectivity index (χ0n) is 10.2. The van der Waals surface area contributed by atoms with E-state index in [9.17, 15) is 13.6 Å². The van der Waals surface area contributed by atoms with E-state index in [0.29, 0.717) is 12.3 Å². The number of hydrogen-bond acceptors (Lipinski definition) is 2. The standard InChI is InChI=1S/C14H17F2NO/c15-11-2-3-12(13(16)9-11)14(18)4-1-10-5-7-17-8-6-10/h2-3,9-10,17H,1,4-8H2. The molecule has 0 amide bonds. The molecule has 0 saturated carbocycles. The first-order chi connectivity index (χ1) is 8.66. The SMILES string of the molecule is O=C(CCC1CCNCC1)c1ccc(F)cc1F. The fourth-order valence-electron chi connectivity index (χ4n) is 2.36. The Labute approximate surface area is 105 Å². The van der Waals surface area contributed by atoms with Crippen molar-refractivity contribution in [3.63, 3.8) is 0 Å². The second-order valence-electron chi connectivity index (χ2n) is 4.78. The lowest BCUT2D eigenvalue weighted by Crippen LogP contribution is -2.28. The highest BCUT2D eigenvalue weighted by molar-refractivity contribution is 5.96. The zero-order valence-corrected chi connectivity index (χ0v) is 10.2. The normalized spacial score (nSPS) is 16.8. The van der Waals surface area contributed by atoms with Crippen LogP contribution >= 0.6 is 0 Å². The molecule has 1 aliphatic rings. The molecule has 0 atom stereocenters. The van der Waals surface area contributed by atoms with E-state index in [1.807, 2.05) is 0 Å². The Hall–Kier alpha value is -1.29. The highest BCUT2D eigenvalue weighted by Gasteiger charge is 2.17. The molecule has 0 spiro atoms. The molecule has 0 radical (unpaired) electrons. The number of Topliss-reactive ketones (excluding diaryl/α,β-unsaturated/α-hetero) is 1. The molecule has 98 valence electrons. The molecule has 1 saturated heterocycles. The second kappa shape index (κ2) is 6.05. The molecule has 1 N–H and O–H groups in total. The summed E-state index contributed by atoms with van der Waals surface area (Å²) in [5.41, 5.74) is 0.00494. The second-order valence-corrected chi connectivity index (χ2v) is 4.78. The smallest absolute Gasteiger partial charge is 0.165 e. The maximum Gasteiger partial charge on any atom is 0.165 e. The lowest BCUT2D eigenvalue weighted by molar-refractivity contribution is 0.0967. The molecule has 2 rings (SSSR count). The lowest BCUT2D eigenvalue weighted by Gasteiger charge is -2.22. The maximum absolute atomic E-state index is 13.4. The van der Waals surface area contributed by atoms with Crippen LogP contribution in [-0.4, -0.2) is 18.9 Å². The predicted octanol–water partition coefficient (Wildman–Crippen LogP) is 2.93. The molecule has 18 heavy (non-hydrogen) atoms. The fourth-order valence-corrected chi connectivity index (χ4v) is 2.36. The van der Waals surface area contributed by atoms with Gasteiger partial charge in [-0.1, -0.05) is 0 Å². The van der Waals surface area contributed by atoms with Gasteiger partial charge in [-0.15, -0.1) is 0 Å². The zero-order chi connectivity index (χ0) is 13.0. The van der Waals surface area contributed by atoms with E-state index in [1.54, 1.807) is 0 Å². The number of hydrogen-bond donors (Lipinski definition) is 1. The predicted molar refractivity (Wildman–Crippen MR) is 65.5 cm³/mol. The molecule has 0 unspecified atom stereocenters.